The Labute approximate surface area is 154 Å². The molecule has 1 aliphatic rings. The van der Waals surface area contributed by atoms with Gasteiger partial charge in [-0.1, -0.05) is 31.4 Å². The molecular weight excluding hydrogens is 340 g/mol. The zero-order chi connectivity index (χ0) is 16.8. The smallest absolute Gasteiger partial charge is 0.258 e. The van der Waals surface area contributed by atoms with Crippen LogP contribution in [0.4, 0.5) is 5.69 Å². The summed E-state index contributed by atoms with van der Waals surface area (Å²) in [5.41, 5.74) is 7.78. The molecule has 3 N–H and O–H groups in total. The van der Waals surface area contributed by atoms with Gasteiger partial charge in [-0.05, 0) is 36.6 Å². The molecule has 0 saturated heterocycles. The highest BCUT2D eigenvalue weighted by atomic mass is 35.5. The van der Waals surface area contributed by atoms with Crippen molar-refractivity contribution in [2.75, 3.05) is 5.32 Å². The molecule has 0 aliphatic heterocycles. The second-order valence-corrected chi connectivity index (χ2v) is 6.23. The Morgan fingerprint density at radius 3 is 2.76 bits per heavy atom. The van der Waals surface area contributed by atoms with Gasteiger partial charge in [0.2, 0.25) is 0 Å². The first-order valence-electron chi connectivity index (χ1n) is 8.54. The van der Waals surface area contributed by atoms with Crippen molar-refractivity contribution in [2.24, 2.45) is 5.73 Å². The molecule has 1 saturated carbocycles. The molecule has 0 spiro atoms. The molecule has 25 heavy (non-hydrogen) atoms. The van der Waals surface area contributed by atoms with Crippen molar-refractivity contribution in [1.82, 2.24) is 0 Å². The highest BCUT2D eigenvalue weighted by molar-refractivity contribution is 6.04. The van der Waals surface area contributed by atoms with Crippen LogP contribution in [0.25, 0.3) is 0 Å². The summed E-state index contributed by atoms with van der Waals surface area (Å²) in [5, 5.41) is 2.88. The van der Waals surface area contributed by atoms with E-state index >= 15 is 0 Å². The van der Waals surface area contributed by atoms with Crippen molar-refractivity contribution >= 4 is 24.0 Å². The van der Waals surface area contributed by atoms with E-state index in [9.17, 15) is 4.79 Å². The molecule has 0 atom stereocenters. The number of ether oxygens (including phenoxy) is 1. The first-order chi connectivity index (χ1) is 11.7. The molecule has 1 fully saturated rings. The lowest BCUT2D eigenvalue weighted by molar-refractivity contribution is 0.0169. The number of rotatable bonds is 6. The highest BCUT2D eigenvalue weighted by Crippen LogP contribution is 2.22. The topological polar surface area (TPSA) is 77.5 Å². The lowest BCUT2D eigenvalue weighted by Crippen LogP contribution is -2.16. The van der Waals surface area contributed by atoms with E-state index in [0.29, 0.717) is 24.0 Å². The summed E-state index contributed by atoms with van der Waals surface area (Å²) in [5.74, 6) is 0.388. The van der Waals surface area contributed by atoms with Gasteiger partial charge in [-0.25, -0.2) is 0 Å². The summed E-state index contributed by atoms with van der Waals surface area (Å²) in [6, 6.07) is 9.42. The van der Waals surface area contributed by atoms with Crippen LogP contribution in [0.1, 0.15) is 53.8 Å². The van der Waals surface area contributed by atoms with Crippen LogP contribution in [-0.2, 0) is 17.9 Å². The number of amides is 1. The van der Waals surface area contributed by atoms with Crippen LogP contribution < -0.4 is 11.1 Å². The van der Waals surface area contributed by atoms with E-state index in [1.165, 1.54) is 25.5 Å². The number of carbonyl (C=O) groups excluding carboxylic acids is 1. The predicted molar refractivity (Wildman–Crippen MR) is 99.9 cm³/mol. The molecule has 0 unspecified atom stereocenters. The molecule has 6 heteroatoms. The van der Waals surface area contributed by atoms with E-state index in [1.54, 1.807) is 6.07 Å². The average Bonchev–Trinajstić information content (AvgIpc) is 3.11. The molecule has 0 radical (unpaired) electrons. The van der Waals surface area contributed by atoms with Gasteiger partial charge in [0.25, 0.3) is 5.91 Å². The molecular formula is C19H25ClN2O3. The summed E-state index contributed by atoms with van der Waals surface area (Å²) >= 11 is 0. The minimum atomic E-state index is -0.205. The van der Waals surface area contributed by atoms with Crippen molar-refractivity contribution in [3.63, 3.8) is 0 Å². The summed E-state index contributed by atoms with van der Waals surface area (Å²) in [4.78, 5) is 12.2. The number of benzene rings is 1. The first-order valence-corrected chi connectivity index (χ1v) is 8.54. The molecule has 2 aromatic rings. The predicted octanol–water partition coefficient (Wildman–Crippen LogP) is 4.26. The van der Waals surface area contributed by atoms with E-state index in [0.717, 1.165) is 24.1 Å². The maximum Gasteiger partial charge on any atom is 0.258 e. The average molecular weight is 365 g/mol. The van der Waals surface area contributed by atoms with Crippen LogP contribution in [0.2, 0.25) is 0 Å². The van der Waals surface area contributed by atoms with E-state index in [-0.39, 0.29) is 24.9 Å². The van der Waals surface area contributed by atoms with Crippen molar-refractivity contribution in [1.29, 1.82) is 0 Å². The molecule has 1 heterocycles. The van der Waals surface area contributed by atoms with Crippen molar-refractivity contribution in [3.05, 3.63) is 53.5 Å². The van der Waals surface area contributed by atoms with Crippen LogP contribution in [0.3, 0.4) is 0 Å². The Hall–Kier alpha value is -1.82. The van der Waals surface area contributed by atoms with E-state index in [1.807, 2.05) is 24.3 Å². The third-order valence-electron chi connectivity index (χ3n) is 4.34. The maximum atomic E-state index is 12.2. The first kappa shape index (κ1) is 19.5. The summed E-state index contributed by atoms with van der Waals surface area (Å²) in [6.07, 6.45) is 7.94. The fourth-order valence-corrected chi connectivity index (χ4v) is 2.99. The molecule has 136 valence electrons. The Kier molecular flexibility index (Phi) is 7.50. The molecule has 5 nitrogen and oxygen atoms in total. The molecule has 1 aromatic heterocycles. The number of halogens is 1. The summed E-state index contributed by atoms with van der Waals surface area (Å²) < 4.78 is 11.2. The van der Waals surface area contributed by atoms with Gasteiger partial charge >= 0.3 is 0 Å². The van der Waals surface area contributed by atoms with Crippen molar-refractivity contribution in [2.45, 2.75) is 51.4 Å². The van der Waals surface area contributed by atoms with E-state index in [4.69, 9.17) is 14.9 Å². The van der Waals surface area contributed by atoms with Crippen LogP contribution in [0, 0.1) is 0 Å². The van der Waals surface area contributed by atoms with Gasteiger partial charge in [-0.3, -0.25) is 4.79 Å². The molecule has 1 amide bonds. The van der Waals surface area contributed by atoms with Crippen LogP contribution in [0.5, 0.6) is 0 Å². The number of hydrogen-bond donors (Lipinski definition) is 2. The SMILES string of the molecule is Cl.NCc1cc(C(=O)Nc2cccc(COC3CCCCC3)c2)co1. The maximum absolute atomic E-state index is 12.2. The normalized spacial score (nSPS) is 14.8. The molecule has 3 rings (SSSR count). The Morgan fingerprint density at radius 1 is 1.24 bits per heavy atom. The number of hydrogen-bond acceptors (Lipinski definition) is 4. The van der Waals surface area contributed by atoms with Gasteiger partial charge in [-0.2, -0.15) is 0 Å². The standard InChI is InChI=1S/C19H24N2O3.ClH/c20-11-18-10-15(13-24-18)19(22)21-16-6-4-5-14(9-16)12-23-17-7-2-1-3-8-17;/h4-6,9-10,13,17H,1-3,7-8,11-12,20H2,(H,21,22);1H. The number of nitrogens with two attached hydrogens (primary N) is 1. The van der Waals surface area contributed by atoms with Crippen LogP contribution in [-0.4, -0.2) is 12.0 Å². The quantitative estimate of drug-likeness (QED) is 0.802. The van der Waals surface area contributed by atoms with E-state index in [2.05, 4.69) is 5.32 Å². The lowest BCUT2D eigenvalue weighted by Gasteiger charge is -2.22. The molecule has 0 bridgehead atoms. The Bertz CT molecular complexity index is 681. The highest BCUT2D eigenvalue weighted by Gasteiger charge is 2.14. The van der Waals surface area contributed by atoms with Gasteiger partial charge < -0.3 is 20.2 Å². The van der Waals surface area contributed by atoms with Gasteiger partial charge in [0, 0.05) is 5.69 Å². The lowest BCUT2D eigenvalue weighted by atomic mass is 9.98. The van der Waals surface area contributed by atoms with E-state index < -0.39 is 0 Å². The van der Waals surface area contributed by atoms with Gasteiger partial charge in [0.15, 0.2) is 0 Å². The largest absolute Gasteiger partial charge is 0.467 e. The third-order valence-corrected chi connectivity index (χ3v) is 4.34. The second kappa shape index (κ2) is 9.61. The van der Waals surface area contributed by atoms with Crippen molar-refractivity contribution < 1.29 is 13.9 Å². The zero-order valence-corrected chi connectivity index (χ0v) is 15.0. The van der Waals surface area contributed by atoms with Crippen LogP contribution >= 0.6 is 12.4 Å². The number of furan rings is 1. The third kappa shape index (κ3) is 5.59. The molecule has 1 aromatic carbocycles. The Morgan fingerprint density at radius 2 is 2.04 bits per heavy atom. The van der Waals surface area contributed by atoms with Crippen molar-refractivity contribution in [3.8, 4) is 0 Å². The monoisotopic (exact) mass is 364 g/mol. The molecule has 1 aliphatic carbocycles. The fraction of sp³-hybridized carbons (Fsp3) is 0.421. The number of carbonyl (C=O) groups is 1. The number of nitrogens with one attached hydrogen (secondary N) is 1. The summed E-state index contributed by atoms with van der Waals surface area (Å²) in [6.45, 7) is 0.860. The van der Waals surface area contributed by atoms with Gasteiger partial charge in [0.05, 0.1) is 24.8 Å². The number of anilines is 1. The summed E-state index contributed by atoms with van der Waals surface area (Å²) in [7, 11) is 0. The zero-order valence-electron chi connectivity index (χ0n) is 14.2. The Balaban J connectivity index is 0.00000225. The van der Waals surface area contributed by atoms with Gasteiger partial charge in [-0.15, -0.1) is 12.4 Å². The second-order valence-electron chi connectivity index (χ2n) is 6.23. The minimum absolute atomic E-state index is 0. The van der Waals surface area contributed by atoms with Crippen LogP contribution in [0.15, 0.2) is 41.0 Å². The minimum Gasteiger partial charge on any atom is -0.467 e. The van der Waals surface area contributed by atoms with Gasteiger partial charge in [0.1, 0.15) is 12.0 Å². The fourth-order valence-electron chi connectivity index (χ4n) is 2.99.